The van der Waals surface area contributed by atoms with Crippen LogP contribution in [0.5, 0.6) is 0 Å². The first-order chi connectivity index (χ1) is 22.8. The number of nitrogens with zero attached hydrogens (tertiary/aromatic N) is 3. The first-order valence-corrected chi connectivity index (χ1v) is 15.6. The summed E-state index contributed by atoms with van der Waals surface area (Å²) in [6.45, 7) is 0. The SMILES string of the molecule is [Ir+3].[c-]1cc(CCc2cccc(CCc3ccc(-c4[c-]cccc4)nc3)c2)ccc1-c1ccccn1.[c-]1ccccc1-c1ccccn1. The topological polar surface area (TPSA) is 38.7 Å². The van der Waals surface area contributed by atoms with E-state index in [0.29, 0.717) is 0 Å². The zero-order valence-electron chi connectivity index (χ0n) is 26.0. The summed E-state index contributed by atoms with van der Waals surface area (Å²) in [7, 11) is 0. The molecule has 0 radical (unpaired) electrons. The summed E-state index contributed by atoms with van der Waals surface area (Å²) in [6.07, 6.45) is 9.62. The van der Waals surface area contributed by atoms with E-state index in [0.717, 1.165) is 59.5 Å². The van der Waals surface area contributed by atoms with Crippen molar-refractivity contribution in [3.8, 4) is 33.8 Å². The van der Waals surface area contributed by atoms with E-state index < -0.39 is 0 Å². The van der Waals surface area contributed by atoms with Gasteiger partial charge in [0.25, 0.3) is 0 Å². The second kappa shape index (κ2) is 17.6. The van der Waals surface area contributed by atoms with E-state index in [4.69, 9.17) is 0 Å². The Morgan fingerprint density at radius 1 is 0.404 bits per heavy atom. The third-order valence-electron chi connectivity index (χ3n) is 7.67. The van der Waals surface area contributed by atoms with Crippen molar-refractivity contribution in [2.75, 3.05) is 0 Å². The van der Waals surface area contributed by atoms with Gasteiger partial charge in [-0.1, -0.05) is 67.1 Å². The number of aryl methyl sites for hydroxylation is 4. The van der Waals surface area contributed by atoms with Crippen molar-refractivity contribution >= 4 is 0 Å². The first-order valence-electron chi connectivity index (χ1n) is 15.6. The van der Waals surface area contributed by atoms with Crippen LogP contribution in [0, 0.1) is 18.2 Å². The average molecular weight is 785 g/mol. The molecule has 4 heteroatoms. The van der Waals surface area contributed by atoms with Crippen LogP contribution in [-0.2, 0) is 45.8 Å². The molecule has 230 valence electrons. The summed E-state index contributed by atoms with van der Waals surface area (Å²) >= 11 is 0. The molecule has 3 aromatic heterocycles. The molecule has 0 amide bonds. The van der Waals surface area contributed by atoms with Gasteiger partial charge in [-0.15, -0.1) is 107 Å². The number of aromatic nitrogens is 3. The van der Waals surface area contributed by atoms with Crippen LogP contribution in [0.4, 0.5) is 0 Å². The second-order valence-electron chi connectivity index (χ2n) is 11.0. The van der Waals surface area contributed by atoms with Crippen LogP contribution >= 0.6 is 0 Å². The van der Waals surface area contributed by atoms with Gasteiger partial charge < -0.3 is 15.0 Å². The Bertz CT molecular complexity index is 1760. The summed E-state index contributed by atoms with van der Waals surface area (Å²) in [4.78, 5) is 13.2. The van der Waals surface area contributed by atoms with Gasteiger partial charge in [-0.2, -0.15) is 0 Å². The van der Waals surface area contributed by atoms with Gasteiger partial charge in [0.05, 0.1) is 0 Å². The minimum atomic E-state index is 0. The number of hydrogen-bond acceptors (Lipinski definition) is 3. The fourth-order valence-electron chi connectivity index (χ4n) is 5.17. The number of pyridine rings is 3. The van der Waals surface area contributed by atoms with Gasteiger partial charge in [-0.3, -0.25) is 0 Å². The van der Waals surface area contributed by atoms with Crippen molar-refractivity contribution in [3.63, 3.8) is 0 Å². The van der Waals surface area contributed by atoms with E-state index in [1.165, 1.54) is 22.3 Å². The van der Waals surface area contributed by atoms with Crippen LogP contribution in [0.25, 0.3) is 33.8 Å². The molecule has 0 spiro atoms. The maximum atomic E-state index is 4.63. The Labute approximate surface area is 291 Å². The van der Waals surface area contributed by atoms with E-state index in [-0.39, 0.29) is 20.1 Å². The van der Waals surface area contributed by atoms with Crippen molar-refractivity contribution in [2.45, 2.75) is 25.7 Å². The van der Waals surface area contributed by atoms with Crippen molar-refractivity contribution in [1.29, 1.82) is 0 Å². The maximum Gasteiger partial charge on any atom is 3.00 e. The average Bonchev–Trinajstić information content (AvgIpc) is 3.15. The smallest absolute Gasteiger partial charge is 0.305 e. The molecule has 0 saturated heterocycles. The molecule has 0 saturated carbocycles. The van der Waals surface area contributed by atoms with Crippen LogP contribution in [0.15, 0.2) is 158 Å². The van der Waals surface area contributed by atoms with Crippen LogP contribution in [0.3, 0.4) is 0 Å². The summed E-state index contributed by atoms with van der Waals surface area (Å²) < 4.78 is 0. The molecule has 0 aliphatic heterocycles. The van der Waals surface area contributed by atoms with E-state index >= 15 is 0 Å². The Morgan fingerprint density at radius 3 is 1.43 bits per heavy atom. The fourth-order valence-corrected chi connectivity index (χ4v) is 5.17. The summed E-state index contributed by atoms with van der Waals surface area (Å²) in [5.74, 6) is 0. The molecule has 0 aliphatic rings. The molecule has 0 N–H and O–H groups in total. The third-order valence-corrected chi connectivity index (χ3v) is 7.67. The monoisotopic (exact) mass is 785 g/mol. The van der Waals surface area contributed by atoms with Gasteiger partial charge in [0.15, 0.2) is 0 Å². The zero-order chi connectivity index (χ0) is 31.2. The van der Waals surface area contributed by atoms with E-state index in [2.05, 4.69) is 87.7 Å². The molecule has 3 nitrogen and oxygen atoms in total. The van der Waals surface area contributed by atoms with Crippen LogP contribution < -0.4 is 0 Å². The predicted octanol–water partition coefficient (Wildman–Crippen LogP) is 9.53. The van der Waals surface area contributed by atoms with Gasteiger partial charge in [0, 0.05) is 18.6 Å². The standard InChI is InChI=1S/C32H26N2.C11H8N.Ir/c1-2-9-29(10-3-1)32-21-18-28(24-34-32)15-14-27-8-6-7-26(23-27)13-12-25-16-19-30(20-17-25)31-11-4-5-22-33-31;1-2-6-10(7-3-1)11-8-4-5-9-12-11;/h1-9,11,16-19,21-24H,12-15H2;1-6,8-9H;/q-2;-1;+3. The number of rotatable bonds is 9. The minimum Gasteiger partial charge on any atom is -0.305 e. The van der Waals surface area contributed by atoms with Gasteiger partial charge in [-0.25, -0.2) is 0 Å². The number of benzene rings is 4. The maximum absolute atomic E-state index is 4.63. The normalized spacial score (nSPS) is 10.3. The Kier molecular flexibility index (Phi) is 12.5. The van der Waals surface area contributed by atoms with Crippen LogP contribution in [-0.4, -0.2) is 15.0 Å². The molecule has 3 heterocycles. The van der Waals surface area contributed by atoms with Crippen LogP contribution in [0.2, 0.25) is 0 Å². The molecular formula is C43H34IrN3. The molecule has 4 aromatic carbocycles. The van der Waals surface area contributed by atoms with Gasteiger partial charge in [0.2, 0.25) is 0 Å². The Balaban J connectivity index is 0.000000280. The Hall–Kier alpha value is -5.02. The van der Waals surface area contributed by atoms with Gasteiger partial charge in [0.1, 0.15) is 0 Å². The van der Waals surface area contributed by atoms with Crippen molar-refractivity contribution < 1.29 is 20.1 Å². The molecule has 7 aromatic rings. The minimum absolute atomic E-state index is 0. The largest absolute Gasteiger partial charge is 3.00 e. The third kappa shape index (κ3) is 9.98. The molecule has 0 bridgehead atoms. The van der Waals surface area contributed by atoms with Gasteiger partial charge >= 0.3 is 20.1 Å². The van der Waals surface area contributed by atoms with Crippen LogP contribution in [0.1, 0.15) is 22.3 Å². The summed E-state index contributed by atoms with van der Waals surface area (Å²) in [6, 6.07) is 57.0. The zero-order valence-corrected chi connectivity index (χ0v) is 28.4. The van der Waals surface area contributed by atoms with E-state index in [1.807, 2.05) is 97.3 Å². The van der Waals surface area contributed by atoms with E-state index in [9.17, 15) is 0 Å². The van der Waals surface area contributed by atoms with Crippen molar-refractivity contribution in [2.24, 2.45) is 0 Å². The van der Waals surface area contributed by atoms with Gasteiger partial charge in [-0.05, 0) is 65.2 Å². The molecule has 0 atom stereocenters. The molecule has 0 aliphatic carbocycles. The van der Waals surface area contributed by atoms with Crippen molar-refractivity contribution in [3.05, 3.63) is 199 Å². The first kappa shape index (κ1) is 33.3. The Morgan fingerprint density at radius 2 is 0.936 bits per heavy atom. The van der Waals surface area contributed by atoms with E-state index in [1.54, 1.807) is 6.20 Å². The molecule has 47 heavy (non-hydrogen) atoms. The summed E-state index contributed by atoms with van der Waals surface area (Å²) in [5.41, 5.74) is 11.3. The van der Waals surface area contributed by atoms with Crippen molar-refractivity contribution in [1.82, 2.24) is 15.0 Å². The second-order valence-corrected chi connectivity index (χ2v) is 11.0. The molecule has 0 fully saturated rings. The molecule has 0 unspecified atom stereocenters. The fraction of sp³-hybridized carbons (Fsp3) is 0.0930. The quantitative estimate of drug-likeness (QED) is 0.137. The molecule has 7 rings (SSSR count). The summed E-state index contributed by atoms with van der Waals surface area (Å²) in [5, 5.41) is 0. The predicted molar refractivity (Wildman–Crippen MR) is 187 cm³/mol. The number of hydrogen-bond donors (Lipinski definition) is 0. The molecular weight excluding hydrogens is 751 g/mol.